The highest BCUT2D eigenvalue weighted by Gasteiger charge is 2.25. The van der Waals surface area contributed by atoms with Gasteiger partial charge in [0.1, 0.15) is 5.82 Å². The van der Waals surface area contributed by atoms with Crippen LogP contribution in [0.3, 0.4) is 0 Å². The fourth-order valence-electron chi connectivity index (χ4n) is 4.57. The molecule has 3 aromatic carbocycles. The molecule has 0 saturated heterocycles. The minimum Gasteiger partial charge on any atom is -0.487 e. The monoisotopic (exact) mass is 493 g/mol. The third kappa shape index (κ3) is 5.17. The molecule has 0 radical (unpaired) electrons. The minimum absolute atomic E-state index is 0.0891. The summed E-state index contributed by atoms with van der Waals surface area (Å²) in [5.41, 5.74) is 5.02. The van der Waals surface area contributed by atoms with Crippen molar-refractivity contribution in [1.29, 1.82) is 5.26 Å². The van der Waals surface area contributed by atoms with Crippen LogP contribution in [0.4, 0.5) is 4.39 Å². The second-order valence-electron chi connectivity index (χ2n) is 9.44. The predicted molar refractivity (Wildman–Crippen MR) is 142 cm³/mol. The number of benzene rings is 3. The van der Waals surface area contributed by atoms with Gasteiger partial charge in [0, 0.05) is 18.1 Å². The normalized spacial score (nSPS) is 12.8. The number of aryl methyl sites for hydroxylation is 2. The fraction of sp³-hybridized carbons (Fsp3) is 0.258. The van der Waals surface area contributed by atoms with Crippen molar-refractivity contribution >= 4 is 0 Å². The smallest absolute Gasteiger partial charge is 0.261 e. The van der Waals surface area contributed by atoms with Gasteiger partial charge in [-0.2, -0.15) is 5.26 Å². The summed E-state index contributed by atoms with van der Waals surface area (Å²) in [6.07, 6.45) is 3.92. The molecule has 5 nitrogen and oxygen atoms in total. The summed E-state index contributed by atoms with van der Waals surface area (Å²) < 4.78 is 21.9. The maximum absolute atomic E-state index is 14.8. The average molecular weight is 494 g/mol. The molecule has 0 N–H and O–H groups in total. The first-order valence-corrected chi connectivity index (χ1v) is 12.6. The molecule has 1 aromatic heterocycles. The van der Waals surface area contributed by atoms with Crippen LogP contribution in [0.15, 0.2) is 71.5 Å². The molecule has 6 heteroatoms. The summed E-state index contributed by atoms with van der Waals surface area (Å²) >= 11 is 0. The Morgan fingerprint density at radius 3 is 2.54 bits per heavy atom. The molecule has 1 heterocycles. The number of nitriles is 1. The zero-order valence-corrected chi connectivity index (χ0v) is 21.0. The van der Waals surface area contributed by atoms with Gasteiger partial charge >= 0.3 is 0 Å². The Labute approximate surface area is 215 Å². The lowest BCUT2D eigenvalue weighted by Gasteiger charge is -2.16. The van der Waals surface area contributed by atoms with Gasteiger partial charge in [-0.25, -0.2) is 9.37 Å². The van der Waals surface area contributed by atoms with E-state index in [9.17, 15) is 14.4 Å². The Kier molecular flexibility index (Phi) is 6.87. The maximum Gasteiger partial charge on any atom is 0.261 e. The van der Waals surface area contributed by atoms with Crippen LogP contribution in [-0.4, -0.2) is 15.7 Å². The molecule has 1 saturated carbocycles. The lowest BCUT2D eigenvalue weighted by atomic mass is 9.97. The molecule has 1 fully saturated rings. The van der Waals surface area contributed by atoms with Gasteiger partial charge < -0.3 is 4.74 Å². The SMILES string of the molecule is CCCc1nc(C)n(-c2ccc(OC3CC3)c(F)c2)c(=O)c1Cc1ccc(-c2ccccc2C#N)cc1. The van der Waals surface area contributed by atoms with Crippen LogP contribution in [0.25, 0.3) is 16.8 Å². The Morgan fingerprint density at radius 2 is 1.86 bits per heavy atom. The lowest BCUT2D eigenvalue weighted by molar-refractivity contribution is 0.287. The van der Waals surface area contributed by atoms with Gasteiger partial charge in [0.2, 0.25) is 0 Å². The number of hydrogen-bond donors (Lipinski definition) is 0. The molecule has 1 aliphatic rings. The van der Waals surface area contributed by atoms with E-state index in [-0.39, 0.29) is 17.4 Å². The quantitative estimate of drug-likeness (QED) is 0.289. The average Bonchev–Trinajstić information content (AvgIpc) is 3.72. The number of hydrogen-bond acceptors (Lipinski definition) is 4. The Hall–Kier alpha value is -4.24. The van der Waals surface area contributed by atoms with Crippen molar-refractivity contribution < 1.29 is 9.13 Å². The molecule has 37 heavy (non-hydrogen) atoms. The maximum atomic E-state index is 14.8. The Bertz CT molecular complexity index is 1550. The van der Waals surface area contributed by atoms with E-state index in [1.54, 1.807) is 25.1 Å². The van der Waals surface area contributed by atoms with Crippen LogP contribution in [0.1, 0.15) is 54.4 Å². The standard InChI is InChI=1S/C31H28FN3O2/c1-3-6-29-27(17-21-9-11-22(12-10-21)26-8-5-4-7-23(26)19-33)31(36)35(20(2)34-29)24-13-16-30(28(32)18-24)37-25-14-15-25/h4-5,7-13,16,18,25H,3,6,14-15,17H2,1-2H3. The molecule has 1 aliphatic carbocycles. The minimum atomic E-state index is -0.483. The van der Waals surface area contributed by atoms with Gasteiger partial charge in [-0.05, 0) is 61.1 Å². The van der Waals surface area contributed by atoms with Gasteiger partial charge in [0.05, 0.1) is 29.1 Å². The second-order valence-corrected chi connectivity index (χ2v) is 9.44. The van der Waals surface area contributed by atoms with Crippen LogP contribution < -0.4 is 10.3 Å². The molecule has 5 rings (SSSR count). The van der Waals surface area contributed by atoms with E-state index in [4.69, 9.17) is 9.72 Å². The van der Waals surface area contributed by atoms with Crippen molar-refractivity contribution in [3.63, 3.8) is 0 Å². The van der Waals surface area contributed by atoms with Crippen molar-refractivity contribution in [2.24, 2.45) is 0 Å². The second kappa shape index (κ2) is 10.4. The van der Waals surface area contributed by atoms with Gasteiger partial charge in [0.15, 0.2) is 11.6 Å². The van der Waals surface area contributed by atoms with E-state index < -0.39 is 5.82 Å². The topological polar surface area (TPSA) is 67.9 Å². The summed E-state index contributed by atoms with van der Waals surface area (Å²) in [6, 6.07) is 22.3. The van der Waals surface area contributed by atoms with Gasteiger partial charge in [-0.3, -0.25) is 9.36 Å². The van der Waals surface area contributed by atoms with Crippen LogP contribution in [0, 0.1) is 24.1 Å². The predicted octanol–water partition coefficient (Wildman–Crippen LogP) is 6.30. The van der Waals surface area contributed by atoms with Crippen molar-refractivity contribution in [2.75, 3.05) is 0 Å². The molecule has 0 unspecified atom stereocenters. The number of aromatic nitrogens is 2. The van der Waals surface area contributed by atoms with Crippen molar-refractivity contribution in [3.05, 3.63) is 111 Å². The van der Waals surface area contributed by atoms with Crippen molar-refractivity contribution in [1.82, 2.24) is 9.55 Å². The number of rotatable bonds is 8. The summed E-state index contributed by atoms with van der Waals surface area (Å²) in [4.78, 5) is 18.5. The van der Waals surface area contributed by atoms with E-state index in [0.717, 1.165) is 41.6 Å². The van der Waals surface area contributed by atoms with E-state index in [0.29, 0.717) is 35.5 Å². The number of ether oxygens (including phenoxy) is 1. The van der Waals surface area contributed by atoms with Crippen LogP contribution in [-0.2, 0) is 12.8 Å². The first-order chi connectivity index (χ1) is 18.0. The molecule has 0 spiro atoms. The molecule has 186 valence electrons. The third-order valence-electron chi connectivity index (χ3n) is 6.60. The highest BCUT2D eigenvalue weighted by atomic mass is 19.1. The molecule has 4 aromatic rings. The molecular formula is C31H28FN3O2. The summed E-state index contributed by atoms with van der Waals surface area (Å²) in [7, 11) is 0. The number of nitrogens with zero attached hydrogens (tertiary/aromatic N) is 3. The Morgan fingerprint density at radius 1 is 1.11 bits per heavy atom. The largest absolute Gasteiger partial charge is 0.487 e. The number of halogens is 1. The highest BCUT2D eigenvalue weighted by Crippen LogP contribution is 2.30. The molecule has 0 bridgehead atoms. The lowest BCUT2D eigenvalue weighted by Crippen LogP contribution is -2.28. The fourth-order valence-corrected chi connectivity index (χ4v) is 4.57. The van der Waals surface area contributed by atoms with Crippen molar-refractivity contribution in [3.8, 4) is 28.6 Å². The summed E-state index contributed by atoms with van der Waals surface area (Å²) in [5, 5.41) is 9.43. The van der Waals surface area contributed by atoms with E-state index in [1.807, 2.05) is 42.5 Å². The van der Waals surface area contributed by atoms with E-state index in [2.05, 4.69) is 13.0 Å². The third-order valence-corrected chi connectivity index (χ3v) is 6.60. The summed E-state index contributed by atoms with van der Waals surface area (Å²) in [5.74, 6) is 0.254. The first-order valence-electron chi connectivity index (χ1n) is 12.6. The molecule has 0 atom stereocenters. The van der Waals surface area contributed by atoms with Gasteiger partial charge in [-0.1, -0.05) is 55.8 Å². The molecular weight excluding hydrogens is 465 g/mol. The van der Waals surface area contributed by atoms with Crippen LogP contribution >= 0.6 is 0 Å². The molecule has 0 amide bonds. The van der Waals surface area contributed by atoms with E-state index >= 15 is 0 Å². The Balaban J connectivity index is 1.50. The van der Waals surface area contributed by atoms with Crippen LogP contribution in [0.2, 0.25) is 0 Å². The van der Waals surface area contributed by atoms with Gasteiger partial charge in [-0.15, -0.1) is 0 Å². The zero-order chi connectivity index (χ0) is 25.9. The van der Waals surface area contributed by atoms with Crippen molar-refractivity contribution in [2.45, 2.75) is 52.1 Å². The van der Waals surface area contributed by atoms with Gasteiger partial charge in [0.25, 0.3) is 5.56 Å². The van der Waals surface area contributed by atoms with Crippen LogP contribution in [0.5, 0.6) is 5.75 Å². The summed E-state index contributed by atoms with van der Waals surface area (Å²) in [6.45, 7) is 3.83. The highest BCUT2D eigenvalue weighted by molar-refractivity contribution is 5.70. The zero-order valence-electron chi connectivity index (χ0n) is 21.0. The van der Waals surface area contributed by atoms with E-state index in [1.165, 1.54) is 10.6 Å². The molecule has 0 aliphatic heterocycles. The first kappa shape index (κ1) is 24.5.